The second-order valence-electron chi connectivity index (χ2n) is 3.42. The molecule has 1 atom stereocenters. The van der Waals surface area contributed by atoms with Crippen LogP contribution in [0, 0.1) is 0 Å². The van der Waals surface area contributed by atoms with Gasteiger partial charge < -0.3 is 5.11 Å². The van der Waals surface area contributed by atoms with E-state index in [1.165, 1.54) is 12.1 Å². The standard InChI is InChI=1S/C10H7F3O2S/c11-10(12,13)6-2-1-3-7-8(6)5(4-16-7)9(14)15/h1-3,5H,4H2,(H,14,15). The predicted octanol–water partition coefficient (Wildman–Crippen LogP) is 2.98. The van der Waals surface area contributed by atoms with E-state index < -0.39 is 23.6 Å². The van der Waals surface area contributed by atoms with Crippen LogP contribution >= 0.6 is 11.8 Å². The van der Waals surface area contributed by atoms with Crippen molar-refractivity contribution in [2.45, 2.75) is 17.0 Å². The van der Waals surface area contributed by atoms with Gasteiger partial charge in [0.15, 0.2) is 0 Å². The maximum Gasteiger partial charge on any atom is 0.416 e. The third-order valence-corrected chi connectivity index (χ3v) is 3.59. The smallest absolute Gasteiger partial charge is 0.416 e. The molecule has 0 radical (unpaired) electrons. The van der Waals surface area contributed by atoms with Crippen LogP contribution in [0.3, 0.4) is 0 Å². The first-order valence-corrected chi connectivity index (χ1v) is 5.45. The molecule has 0 aromatic heterocycles. The van der Waals surface area contributed by atoms with Crippen LogP contribution < -0.4 is 0 Å². The number of alkyl halides is 3. The number of carboxylic acid groups (broad SMARTS) is 1. The Bertz CT molecular complexity index is 442. The Morgan fingerprint density at radius 3 is 2.69 bits per heavy atom. The average Bonchev–Trinajstić information content (AvgIpc) is 2.58. The lowest BCUT2D eigenvalue weighted by Gasteiger charge is -2.14. The molecule has 0 spiro atoms. The highest BCUT2D eigenvalue weighted by Crippen LogP contribution is 2.46. The van der Waals surface area contributed by atoms with Crippen molar-refractivity contribution < 1.29 is 23.1 Å². The zero-order valence-corrected chi connectivity index (χ0v) is 8.73. The van der Waals surface area contributed by atoms with E-state index in [9.17, 15) is 18.0 Å². The lowest BCUT2D eigenvalue weighted by molar-refractivity contribution is -0.141. The van der Waals surface area contributed by atoms with Gasteiger partial charge in [-0.1, -0.05) is 6.07 Å². The Kier molecular flexibility index (Phi) is 2.61. The van der Waals surface area contributed by atoms with Gasteiger partial charge in [-0.2, -0.15) is 13.2 Å². The zero-order chi connectivity index (χ0) is 11.9. The third-order valence-electron chi connectivity index (χ3n) is 2.42. The Labute approximate surface area is 93.5 Å². The molecule has 1 aliphatic rings. The van der Waals surface area contributed by atoms with Crippen molar-refractivity contribution in [1.82, 2.24) is 0 Å². The monoisotopic (exact) mass is 248 g/mol. The van der Waals surface area contributed by atoms with Gasteiger partial charge in [-0.15, -0.1) is 11.8 Å². The number of benzene rings is 1. The van der Waals surface area contributed by atoms with Crippen molar-refractivity contribution >= 4 is 17.7 Å². The van der Waals surface area contributed by atoms with Crippen molar-refractivity contribution in [2.75, 3.05) is 5.75 Å². The van der Waals surface area contributed by atoms with E-state index >= 15 is 0 Å². The fourth-order valence-electron chi connectivity index (χ4n) is 1.73. The minimum Gasteiger partial charge on any atom is -0.481 e. The highest BCUT2D eigenvalue weighted by atomic mass is 32.2. The molecule has 1 aromatic rings. The quantitative estimate of drug-likeness (QED) is 0.830. The summed E-state index contributed by atoms with van der Waals surface area (Å²) in [5.41, 5.74) is -0.921. The van der Waals surface area contributed by atoms with Crippen molar-refractivity contribution in [2.24, 2.45) is 0 Å². The van der Waals surface area contributed by atoms with Crippen LogP contribution in [0.1, 0.15) is 17.0 Å². The lowest BCUT2D eigenvalue weighted by Crippen LogP contribution is -2.16. The molecule has 2 nitrogen and oxygen atoms in total. The Morgan fingerprint density at radius 1 is 1.44 bits per heavy atom. The first-order chi connectivity index (χ1) is 7.41. The van der Waals surface area contributed by atoms with Gasteiger partial charge in [0.2, 0.25) is 0 Å². The fraction of sp³-hybridized carbons (Fsp3) is 0.300. The SMILES string of the molecule is O=C(O)C1CSc2cccc(C(F)(F)F)c21. The van der Waals surface area contributed by atoms with Gasteiger partial charge >= 0.3 is 12.1 Å². The summed E-state index contributed by atoms with van der Waals surface area (Å²) in [6, 6.07) is 3.76. The normalized spacial score (nSPS) is 19.6. The van der Waals surface area contributed by atoms with E-state index in [2.05, 4.69) is 0 Å². The number of hydrogen-bond donors (Lipinski definition) is 1. The Hall–Kier alpha value is -1.17. The van der Waals surface area contributed by atoms with Gasteiger partial charge in [-0.25, -0.2) is 0 Å². The number of hydrogen-bond acceptors (Lipinski definition) is 2. The molecule has 16 heavy (non-hydrogen) atoms. The van der Waals surface area contributed by atoms with Crippen LogP contribution in [-0.2, 0) is 11.0 Å². The molecule has 6 heteroatoms. The molecule has 0 bridgehead atoms. The molecule has 1 aromatic carbocycles. The number of fused-ring (bicyclic) bond motifs is 1. The van der Waals surface area contributed by atoms with Crippen LogP contribution in [0.2, 0.25) is 0 Å². The lowest BCUT2D eigenvalue weighted by atomic mass is 9.95. The van der Waals surface area contributed by atoms with Crippen LogP contribution in [-0.4, -0.2) is 16.8 Å². The third kappa shape index (κ3) is 1.77. The number of halogens is 3. The summed E-state index contributed by atoms with van der Waals surface area (Å²) in [5, 5.41) is 8.87. The van der Waals surface area contributed by atoms with Gasteiger partial charge in [-0.05, 0) is 17.7 Å². The summed E-state index contributed by atoms with van der Waals surface area (Å²) >= 11 is 1.15. The minimum absolute atomic E-state index is 0.0903. The molecule has 0 aliphatic carbocycles. The molecule has 1 N–H and O–H groups in total. The molecule has 0 saturated heterocycles. The molecule has 0 amide bonds. The first-order valence-electron chi connectivity index (χ1n) is 4.47. The first kappa shape index (κ1) is 11.3. The van der Waals surface area contributed by atoms with E-state index in [-0.39, 0.29) is 11.3 Å². The Morgan fingerprint density at radius 2 is 2.12 bits per heavy atom. The van der Waals surface area contributed by atoms with E-state index in [1.807, 2.05) is 0 Å². The van der Waals surface area contributed by atoms with E-state index in [4.69, 9.17) is 5.11 Å². The molecule has 1 aliphatic heterocycles. The highest BCUT2D eigenvalue weighted by molar-refractivity contribution is 7.99. The molecule has 86 valence electrons. The molecular formula is C10H7F3O2S. The number of carboxylic acids is 1. The second-order valence-corrected chi connectivity index (χ2v) is 4.48. The fourth-order valence-corrected chi connectivity index (χ4v) is 2.97. The van der Waals surface area contributed by atoms with Gasteiger partial charge in [0.05, 0.1) is 11.5 Å². The van der Waals surface area contributed by atoms with Crippen molar-refractivity contribution in [3.05, 3.63) is 29.3 Å². The summed E-state index contributed by atoms with van der Waals surface area (Å²) in [7, 11) is 0. The van der Waals surface area contributed by atoms with Crippen LogP contribution in [0.15, 0.2) is 23.1 Å². The molecule has 1 heterocycles. The van der Waals surface area contributed by atoms with Crippen molar-refractivity contribution in [3.63, 3.8) is 0 Å². The van der Waals surface area contributed by atoms with E-state index in [0.29, 0.717) is 4.90 Å². The maximum absolute atomic E-state index is 12.7. The summed E-state index contributed by atoms with van der Waals surface area (Å²) in [6.45, 7) is 0. The number of aliphatic carboxylic acids is 1. The Balaban J connectivity index is 2.58. The summed E-state index contributed by atoms with van der Waals surface area (Å²) < 4.78 is 38.0. The maximum atomic E-state index is 12.7. The zero-order valence-electron chi connectivity index (χ0n) is 7.91. The number of rotatable bonds is 1. The highest BCUT2D eigenvalue weighted by Gasteiger charge is 2.40. The van der Waals surface area contributed by atoms with Crippen molar-refractivity contribution in [1.29, 1.82) is 0 Å². The van der Waals surface area contributed by atoms with Crippen LogP contribution in [0.5, 0.6) is 0 Å². The summed E-state index contributed by atoms with van der Waals surface area (Å²) in [4.78, 5) is 11.3. The van der Waals surface area contributed by atoms with Gasteiger partial charge in [0.25, 0.3) is 0 Å². The predicted molar refractivity (Wildman–Crippen MR) is 52.5 cm³/mol. The van der Waals surface area contributed by atoms with Gasteiger partial charge in [0, 0.05) is 10.6 Å². The topological polar surface area (TPSA) is 37.3 Å². The van der Waals surface area contributed by atoms with E-state index in [1.54, 1.807) is 0 Å². The van der Waals surface area contributed by atoms with Crippen molar-refractivity contribution in [3.8, 4) is 0 Å². The molecular weight excluding hydrogens is 241 g/mol. The van der Waals surface area contributed by atoms with Crippen LogP contribution in [0.25, 0.3) is 0 Å². The summed E-state index contributed by atoms with van der Waals surface area (Å²) in [6.07, 6.45) is -4.50. The average molecular weight is 248 g/mol. The molecule has 0 saturated carbocycles. The number of thioether (sulfide) groups is 1. The second kappa shape index (κ2) is 3.69. The molecule has 0 fully saturated rings. The molecule has 2 rings (SSSR count). The minimum atomic E-state index is -4.50. The van der Waals surface area contributed by atoms with Gasteiger partial charge in [0.1, 0.15) is 0 Å². The summed E-state index contributed by atoms with van der Waals surface area (Å²) in [5.74, 6) is -2.10. The largest absolute Gasteiger partial charge is 0.481 e. The molecule has 1 unspecified atom stereocenters. The van der Waals surface area contributed by atoms with E-state index in [0.717, 1.165) is 17.8 Å². The van der Waals surface area contributed by atoms with Gasteiger partial charge in [-0.3, -0.25) is 4.79 Å². The number of carbonyl (C=O) groups is 1. The van der Waals surface area contributed by atoms with Crippen LogP contribution in [0.4, 0.5) is 13.2 Å².